The van der Waals surface area contributed by atoms with E-state index in [2.05, 4.69) is 0 Å². The minimum absolute atomic E-state index is 0.0549. The Morgan fingerprint density at radius 2 is 2.39 bits per heavy atom. The molecule has 0 saturated carbocycles. The van der Waals surface area contributed by atoms with Gasteiger partial charge in [0.25, 0.3) is 0 Å². The van der Waals surface area contributed by atoms with Crippen molar-refractivity contribution < 1.29 is 14.1 Å². The Hall–Kier alpha value is -1.69. The van der Waals surface area contributed by atoms with Crippen LogP contribution >= 0.6 is 0 Å². The van der Waals surface area contributed by atoms with Crippen LogP contribution in [-0.4, -0.2) is 30.7 Å². The number of nitro groups is 1. The lowest BCUT2D eigenvalue weighted by Gasteiger charge is -2.36. The Morgan fingerprint density at radius 1 is 1.61 bits per heavy atom. The van der Waals surface area contributed by atoms with Crippen molar-refractivity contribution in [2.45, 2.75) is 19.4 Å². The Kier molecular flexibility index (Phi) is 3.76. The van der Waals surface area contributed by atoms with Gasteiger partial charge in [-0.25, -0.2) is 0 Å². The molecular weight excluding hydrogens is 239 g/mol. The Labute approximate surface area is 104 Å². The number of benzene rings is 1. The van der Waals surface area contributed by atoms with Crippen LogP contribution < -0.4 is 4.90 Å². The van der Waals surface area contributed by atoms with Crippen LogP contribution in [-0.2, 0) is 4.74 Å². The molecule has 0 aromatic heterocycles. The largest absolute Gasteiger partial charge is 0.377 e. The van der Waals surface area contributed by atoms with E-state index >= 15 is 0 Å². The first kappa shape index (κ1) is 12.8. The van der Waals surface area contributed by atoms with Gasteiger partial charge in [0.1, 0.15) is 5.69 Å². The predicted octanol–water partition coefficient (Wildman–Crippen LogP) is 2.35. The van der Waals surface area contributed by atoms with Crippen LogP contribution in [0.1, 0.15) is 13.3 Å². The van der Waals surface area contributed by atoms with E-state index in [4.69, 9.17) is 4.74 Å². The maximum Gasteiger partial charge on any atom is 0.327 e. The molecule has 1 atom stereocenters. The van der Waals surface area contributed by atoms with E-state index < -0.39 is 16.4 Å². The molecule has 1 fully saturated rings. The minimum Gasteiger partial charge on any atom is -0.377 e. The molecule has 1 saturated heterocycles. The zero-order valence-electron chi connectivity index (χ0n) is 10.1. The first-order valence-electron chi connectivity index (χ1n) is 5.92. The number of anilines is 1. The van der Waals surface area contributed by atoms with Crippen LogP contribution in [0, 0.1) is 15.9 Å². The standard InChI is InChI=1S/C12H15FN2O3/c1-2-9-8-18-7-6-14(9)11-5-3-4-10(13)12(11)15(16)17/h3-5,9H,2,6-8H2,1H3. The van der Waals surface area contributed by atoms with E-state index in [0.717, 1.165) is 12.5 Å². The van der Waals surface area contributed by atoms with E-state index in [-0.39, 0.29) is 6.04 Å². The van der Waals surface area contributed by atoms with Gasteiger partial charge in [0.05, 0.1) is 24.2 Å². The van der Waals surface area contributed by atoms with Gasteiger partial charge in [0.2, 0.25) is 5.82 Å². The van der Waals surface area contributed by atoms with Crippen LogP contribution in [0.5, 0.6) is 0 Å². The van der Waals surface area contributed by atoms with Gasteiger partial charge < -0.3 is 9.64 Å². The zero-order chi connectivity index (χ0) is 13.1. The maximum atomic E-state index is 13.6. The molecule has 0 radical (unpaired) electrons. The third-order valence-electron chi connectivity index (χ3n) is 3.16. The highest BCUT2D eigenvalue weighted by Crippen LogP contribution is 2.33. The van der Waals surface area contributed by atoms with Crippen molar-refractivity contribution in [2.75, 3.05) is 24.7 Å². The highest BCUT2D eigenvalue weighted by molar-refractivity contribution is 5.64. The van der Waals surface area contributed by atoms with Crippen LogP contribution in [0.25, 0.3) is 0 Å². The molecule has 18 heavy (non-hydrogen) atoms. The SMILES string of the molecule is CCC1COCCN1c1cccc(F)c1[N+](=O)[O-]. The lowest BCUT2D eigenvalue weighted by atomic mass is 10.1. The van der Waals surface area contributed by atoms with Crippen molar-refractivity contribution in [3.05, 3.63) is 34.1 Å². The van der Waals surface area contributed by atoms with E-state index in [0.29, 0.717) is 25.4 Å². The summed E-state index contributed by atoms with van der Waals surface area (Å²) in [6.45, 7) is 3.55. The van der Waals surface area contributed by atoms with Gasteiger partial charge in [-0.05, 0) is 18.6 Å². The maximum absolute atomic E-state index is 13.6. The van der Waals surface area contributed by atoms with Crippen molar-refractivity contribution in [3.8, 4) is 0 Å². The number of ether oxygens (including phenoxy) is 1. The van der Waals surface area contributed by atoms with Crippen molar-refractivity contribution in [3.63, 3.8) is 0 Å². The van der Waals surface area contributed by atoms with Crippen molar-refractivity contribution in [2.24, 2.45) is 0 Å². The minimum atomic E-state index is -0.793. The predicted molar refractivity (Wildman–Crippen MR) is 65.3 cm³/mol. The molecule has 2 rings (SSSR count). The van der Waals surface area contributed by atoms with Gasteiger partial charge in [-0.3, -0.25) is 10.1 Å². The molecule has 98 valence electrons. The zero-order valence-corrected chi connectivity index (χ0v) is 10.1. The van der Waals surface area contributed by atoms with Gasteiger partial charge in [0.15, 0.2) is 0 Å². The third kappa shape index (κ3) is 2.28. The van der Waals surface area contributed by atoms with Crippen molar-refractivity contribution in [1.82, 2.24) is 0 Å². The summed E-state index contributed by atoms with van der Waals surface area (Å²) >= 11 is 0. The monoisotopic (exact) mass is 254 g/mol. The molecule has 1 aromatic carbocycles. The molecule has 1 unspecified atom stereocenters. The number of nitro benzene ring substituents is 1. The van der Waals surface area contributed by atoms with Gasteiger partial charge in [0, 0.05) is 6.54 Å². The van der Waals surface area contributed by atoms with Crippen molar-refractivity contribution in [1.29, 1.82) is 0 Å². The van der Waals surface area contributed by atoms with E-state index in [1.54, 1.807) is 6.07 Å². The molecule has 5 nitrogen and oxygen atoms in total. The molecule has 1 aliphatic heterocycles. The molecule has 0 bridgehead atoms. The van der Waals surface area contributed by atoms with Gasteiger partial charge in [-0.15, -0.1) is 0 Å². The summed E-state index contributed by atoms with van der Waals surface area (Å²) in [5.74, 6) is -0.793. The molecule has 1 aliphatic rings. The summed E-state index contributed by atoms with van der Waals surface area (Å²) in [5, 5.41) is 11.0. The smallest absolute Gasteiger partial charge is 0.327 e. The van der Waals surface area contributed by atoms with Crippen LogP contribution in [0.15, 0.2) is 18.2 Å². The topological polar surface area (TPSA) is 55.6 Å². The summed E-state index contributed by atoms with van der Waals surface area (Å²) in [5.41, 5.74) is -0.104. The molecule has 1 aromatic rings. The van der Waals surface area contributed by atoms with E-state index in [1.807, 2.05) is 11.8 Å². The van der Waals surface area contributed by atoms with Gasteiger partial charge in [-0.1, -0.05) is 13.0 Å². The second-order valence-electron chi connectivity index (χ2n) is 4.20. The average Bonchev–Trinajstić information content (AvgIpc) is 2.38. The summed E-state index contributed by atoms with van der Waals surface area (Å²) in [7, 11) is 0. The van der Waals surface area contributed by atoms with E-state index in [1.165, 1.54) is 6.07 Å². The molecule has 0 N–H and O–H groups in total. The number of morpholine rings is 1. The van der Waals surface area contributed by atoms with Crippen LogP contribution in [0.2, 0.25) is 0 Å². The summed E-state index contributed by atoms with van der Waals surface area (Å²) < 4.78 is 18.9. The Balaban J connectivity index is 2.42. The Bertz CT molecular complexity index is 453. The number of nitrogens with zero attached hydrogens (tertiary/aromatic N) is 2. The first-order chi connectivity index (χ1) is 8.65. The fourth-order valence-electron chi connectivity index (χ4n) is 2.23. The summed E-state index contributed by atoms with van der Waals surface area (Å²) in [6, 6.07) is 4.26. The lowest BCUT2D eigenvalue weighted by Crippen LogP contribution is -2.45. The highest BCUT2D eigenvalue weighted by atomic mass is 19.1. The number of halogens is 1. The molecule has 6 heteroatoms. The quantitative estimate of drug-likeness (QED) is 0.613. The third-order valence-corrected chi connectivity index (χ3v) is 3.16. The first-order valence-corrected chi connectivity index (χ1v) is 5.92. The average molecular weight is 254 g/mol. The second kappa shape index (κ2) is 5.30. The molecule has 0 spiro atoms. The number of para-hydroxylation sites is 1. The van der Waals surface area contributed by atoms with E-state index in [9.17, 15) is 14.5 Å². The lowest BCUT2D eigenvalue weighted by molar-refractivity contribution is -0.386. The molecule has 0 amide bonds. The fourth-order valence-corrected chi connectivity index (χ4v) is 2.23. The normalized spacial score (nSPS) is 19.9. The summed E-state index contributed by atoms with van der Waals surface area (Å²) in [6.07, 6.45) is 0.799. The van der Waals surface area contributed by atoms with Crippen LogP contribution in [0.4, 0.5) is 15.8 Å². The number of hydrogen-bond donors (Lipinski definition) is 0. The second-order valence-corrected chi connectivity index (χ2v) is 4.20. The summed E-state index contributed by atoms with van der Waals surface area (Å²) in [4.78, 5) is 12.2. The number of rotatable bonds is 3. The molecule has 1 heterocycles. The highest BCUT2D eigenvalue weighted by Gasteiger charge is 2.29. The molecular formula is C12H15FN2O3. The number of hydrogen-bond acceptors (Lipinski definition) is 4. The van der Waals surface area contributed by atoms with Crippen LogP contribution in [0.3, 0.4) is 0 Å². The van der Waals surface area contributed by atoms with Crippen molar-refractivity contribution >= 4 is 11.4 Å². The Morgan fingerprint density at radius 3 is 3.06 bits per heavy atom. The molecule has 0 aliphatic carbocycles. The van der Waals surface area contributed by atoms with Gasteiger partial charge in [-0.2, -0.15) is 4.39 Å². The fraction of sp³-hybridized carbons (Fsp3) is 0.500. The van der Waals surface area contributed by atoms with Gasteiger partial charge >= 0.3 is 5.69 Å².